The molecule has 4 N–H and O–H groups in total. The number of aromatic nitrogens is 1. The summed E-state index contributed by atoms with van der Waals surface area (Å²) in [4.78, 5) is 25.1. The van der Waals surface area contributed by atoms with Crippen LogP contribution in [0.4, 0.5) is 4.39 Å². The van der Waals surface area contributed by atoms with E-state index in [0.717, 1.165) is 22.4 Å². The van der Waals surface area contributed by atoms with E-state index in [1.165, 1.54) is 12.1 Å². The number of rotatable bonds is 13. The zero-order valence-corrected chi connectivity index (χ0v) is 24.7. The van der Waals surface area contributed by atoms with Crippen LogP contribution in [0.3, 0.4) is 0 Å². The number of benzene rings is 3. The Labute approximate surface area is 284 Å². The van der Waals surface area contributed by atoms with Crippen molar-refractivity contribution < 1.29 is 29.3 Å². The Morgan fingerprint density at radius 3 is 2.11 bits per heavy atom. The van der Waals surface area contributed by atoms with Gasteiger partial charge in [-0.3, -0.25) is 9.59 Å². The summed E-state index contributed by atoms with van der Waals surface area (Å²) >= 11 is 0. The van der Waals surface area contributed by atoms with Gasteiger partial charge in [0.2, 0.25) is 0 Å². The molecule has 230 valence electrons. The minimum absolute atomic E-state index is 0. The Morgan fingerprint density at radius 2 is 1.53 bits per heavy atom. The van der Waals surface area contributed by atoms with E-state index in [2.05, 4.69) is 11.4 Å². The normalized spacial score (nSPS) is 12.2. The summed E-state index contributed by atoms with van der Waals surface area (Å²) in [7, 11) is 0. The van der Waals surface area contributed by atoms with Crippen LogP contribution in [-0.2, 0) is 17.8 Å². The SMILES string of the molecule is CC(C)n1c(CC[C@@H](O)C[C@@H](O)CC(=O)O)c(-c2ccc(F)cc2)c(-c2ccccc2)c1C(=O)NCc1ccc(C#N)cc1.[NaH]. The van der Waals surface area contributed by atoms with Crippen molar-refractivity contribution in [1.82, 2.24) is 9.88 Å². The molecule has 0 bridgehead atoms. The van der Waals surface area contributed by atoms with Crippen LogP contribution in [0.15, 0.2) is 78.9 Å². The predicted molar refractivity (Wildman–Crippen MR) is 172 cm³/mol. The van der Waals surface area contributed by atoms with Gasteiger partial charge in [-0.15, -0.1) is 0 Å². The van der Waals surface area contributed by atoms with Crippen molar-refractivity contribution in [2.45, 2.75) is 64.3 Å². The molecule has 0 fully saturated rings. The second kappa shape index (κ2) is 16.5. The number of aliphatic hydroxyl groups is 2. The van der Waals surface area contributed by atoms with Crippen LogP contribution < -0.4 is 5.32 Å². The molecule has 0 aliphatic heterocycles. The molecule has 1 heterocycles. The van der Waals surface area contributed by atoms with Gasteiger partial charge in [0.1, 0.15) is 11.5 Å². The monoisotopic (exact) mass is 621 g/mol. The number of nitrogens with zero attached hydrogens (tertiary/aromatic N) is 2. The van der Waals surface area contributed by atoms with Gasteiger partial charge in [-0.25, -0.2) is 4.39 Å². The average Bonchev–Trinajstić information content (AvgIpc) is 3.35. The van der Waals surface area contributed by atoms with E-state index in [9.17, 15) is 24.2 Å². The van der Waals surface area contributed by atoms with E-state index in [0.29, 0.717) is 28.8 Å². The first kappa shape index (κ1) is 35.7. The van der Waals surface area contributed by atoms with E-state index in [4.69, 9.17) is 10.4 Å². The molecule has 0 saturated carbocycles. The second-order valence-electron chi connectivity index (χ2n) is 11.1. The van der Waals surface area contributed by atoms with Gasteiger partial charge < -0.3 is 25.2 Å². The Morgan fingerprint density at radius 1 is 0.911 bits per heavy atom. The fraction of sp³-hybridized carbons (Fsp3) is 0.286. The number of nitriles is 1. The van der Waals surface area contributed by atoms with Gasteiger partial charge in [0, 0.05) is 29.4 Å². The molecule has 0 unspecified atom stereocenters. The number of hydrogen-bond acceptors (Lipinski definition) is 5. The van der Waals surface area contributed by atoms with E-state index < -0.39 is 30.4 Å². The topological polar surface area (TPSA) is 136 Å². The third-order valence-corrected chi connectivity index (χ3v) is 7.44. The fourth-order valence-electron chi connectivity index (χ4n) is 5.47. The fourth-order valence-corrected chi connectivity index (χ4v) is 5.47. The number of aliphatic carboxylic acids is 1. The van der Waals surface area contributed by atoms with Crippen molar-refractivity contribution in [2.75, 3.05) is 0 Å². The summed E-state index contributed by atoms with van der Waals surface area (Å²) < 4.78 is 16.0. The zero-order valence-electron chi connectivity index (χ0n) is 24.7. The summed E-state index contributed by atoms with van der Waals surface area (Å²) in [5, 5.41) is 42.0. The first-order chi connectivity index (χ1) is 21.1. The summed E-state index contributed by atoms with van der Waals surface area (Å²) in [6, 6.07) is 24.4. The molecule has 2 atom stereocenters. The van der Waals surface area contributed by atoms with Crippen molar-refractivity contribution in [3.05, 3.63) is 107 Å². The number of carbonyl (C=O) groups excluding carboxylic acids is 1. The van der Waals surface area contributed by atoms with Crippen LogP contribution in [0.1, 0.15) is 66.5 Å². The summed E-state index contributed by atoms with van der Waals surface area (Å²) in [5.74, 6) is -1.88. The zero-order chi connectivity index (χ0) is 31.8. The van der Waals surface area contributed by atoms with E-state index >= 15 is 0 Å². The molecule has 1 amide bonds. The maximum absolute atomic E-state index is 14.1. The molecular formula is C35H37FN3NaO5. The van der Waals surface area contributed by atoms with Gasteiger partial charge in [-0.05, 0) is 74.1 Å². The van der Waals surface area contributed by atoms with Gasteiger partial charge in [0.15, 0.2) is 0 Å². The Bertz CT molecular complexity index is 1630. The summed E-state index contributed by atoms with van der Waals surface area (Å²) in [6.07, 6.45) is -2.27. The summed E-state index contributed by atoms with van der Waals surface area (Å²) in [5.41, 5.74) is 5.38. The molecule has 1 aromatic heterocycles. The van der Waals surface area contributed by atoms with Gasteiger partial charge in [-0.1, -0.05) is 54.6 Å². The quantitative estimate of drug-likeness (QED) is 0.151. The molecule has 8 nitrogen and oxygen atoms in total. The first-order valence-electron chi connectivity index (χ1n) is 14.5. The minimum atomic E-state index is -1.20. The van der Waals surface area contributed by atoms with Crippen LogP contribution in [0.25, 0.3) is 22.3 Å². The molecule has 0 saturated heterocycles. The van der Waals surface area contributed by atoms with Crippen molar-refractivity contribution in [3.63, 3.8) is 0 Å². The molecular weight excluding hydrogens is 584 g/mol. The van der Waals surface area contributed by atoms with Crippen LogP contribution >= 0.6 is 0 Å². The number of carboxylic acid groups (broad SMARTS) is 1. The number of halogens is 1. The number of carbonyl (C=O) groups is 2. The molecule has 0 aliphatic carbocycles. The van der Waals surface area contributed by atoms with Crippen molar-refractivity contribution in [1.29, 1.82) is 5.26 Å². The third kappa shape index (κ3) is 9.13. The third-order valence-electron chi connectivity index (χ3n) is 7.44. The van der Waals surface area contributed by atoms with Crippen LogP contribution in [0.5, 0.6) is 0 Å². The van der Waals surface area contributed by atoms with E-state index in [-0.39, 0.29) is 60.9 Å². The standard InChI is InChI=1S/C35H36FN3O5.Na.H/c1-22(2)39-30(17-16-28(40)18-29(41)19-31(42)43)32(26-12-14-27(36)15-13-26)33(25-6-4-3-5-7-25)34(39)35(44)38-21-24-10-8-23(20-37)9-11-24;;/h3-15,22,28-29,40-41H,16-19,21H2,1-2H3,(H,38,44)(H,42,43);;/t28-,29-;;/m1../s1. The molecule has 0 spiro atoms. The van der Waals surface area contributed by atoms with Crippen LogP contribution in [0.2, 0.25) is 0 Å². The molecule has 45 heavy (non-hydrogen) atoms. The molecule has 3 aromatic carbocycles. The second-order valence-corrected chi connectivity index (χ2v) is 11.1. The number of aliphatic hydroxyl groups excluding tert-OH is 2. The van der Waals surface area contributed by atoms with Crippen LogP contribution in [0, 0.1) is 17.1 Å². The Hall–Kier alpha value is -3.78. The van der Waals surface area contributed by atoms with Crippen molar-refractivity contribution in [3.8, 4) is 28.3 Å². The average molecular weight is 622 g/mol. The summed E-state index contributed by atoms with van der Waals surface area (Å²) in [6.45, 7) is 4.14. The van der Waals surface area contributed by atoms with E-state index in [1.807, 2.05) is 48.7 Å². The number of hydrogen-bond donors (Lipinski definition) is 4. The molecule has 0 aliphatic rings. The van der Waals surface area contributed by atoms with Gasteiger partial charge in [0.05, 0.1) is 30.3 Å². The molecule has 4 aromatic rings. The van der Waals surface area contributed by atoms with E-state index in [1.54, 1.807) is 36.4 Å². The molecule has 4 rings (SSSR count). The van der Waals surface area contributed by atoms with Gasteiger partial charge >= 0.3 is 35.5 Å². The number of carboxylic acids is 1. The number of amides is 1. The maximum atomic E-state index is 14.1. The molecule has 10 heteroatoms. The van der Waals surface area contributed by atoms with Crippen molar-refractivity contribution in [2.24, 2.45) is 0 Å². The number of nitrogens with one attached hydrogen (secondary N) is 1. The van der Waals surface area contributed by atoms with Crippen molar-refractivity contribution >= 4 is 41.4 Å². The predicted octanol–water partition coefficient (Wildman–Crippen LogP) is 5.21. The van der Waals surface area contributed by atoms with Gasteiger partial charge in [0.25, 0.3) is 5.91 Å². The molecule has 0 radical (unpaired) electrons. The Balaban J connectivity index is 0.00000552. The first-order valence-corrected chi connectivity index (χ1v) is 14.5. The van der Waals surface area contributed by atoms with Gasteiger partial charge in [-0.2, -0.15) is 5.26 Å². The van der Waals surface area contributed by atoms with Crippen LogP contribution in [-0.4, -0.2) is 73.5 Å². The Kier molecular flexibility index (Phi) is 13.1.